The summed E-state index contributed by atoms with van der Waals surface area (Å²) in [4.78, 5) is 10.2. The third kappa shape index (κ3) is 7.38. The summed E-state index contributed by atoms with van der Waals surface area (Å²) in [7, 11) is -3.66. The molecule has 1 rings (SSSR count). The van der Waals surface area contributed by atoms with E-state index in [1.807, 2.05) is 0 Å². The summed E-state index contributed by atoms with van der Waals surface area (Å²) in [6, 6.07) is 7.51. The van der Waals surface area contributed by atoms with Gasteiger partial charge in [0.25, 0.3) is 0 Å². The van der Waals surface area contributed by atoms with Gasteiger partial charge in [-0.1, -0.05) is 18.2 Å². The van der Waals surface area contributed by atoms with Crippen LogP contribution < -0.4 is 24.6 Å². The molecule has 0 spiro atoms. The molecule has 0 aliphatic heterocycles. The summed E-state index contributed by atoms with van der Waals surface area (Å²) in [5, 5.41) is 8.33. The Kier molecular flexibility index (Phi) is 14.0. The lowest BCUT2D eigenvalue weighted by Crippen LogP contribution is -2.15. The van der Waals surface area contributed by atoms with Crippen molar-refractivity contribution in [2.45, 2.75) is 4.90 Å². The highest BCUT2D eigenvalue weighted by molar-refractivity contribution is 7.92. The molecule has 0 aromatic heterocycles. The summed E-state index contributed by atoms with van der Waals surface area (Å²) < 4.78 is 22.5. The summed E-state index contributed by atoms with van der Waals surface area (Å²) >= 11 is 0. The molecule has 17 heavy (non-hydrogen) atoms. The zero-order valence-corrected chi connectivity index (χ0v) is 10.3. The Hall–Kier alpha value is -1.52. The first-order valence-corrected chi connectivity index (χ1v) is 5.17. The minimum Gasteiger partial charge on any atom is -0.480 e. The fraction of sp³-hybridized carbons (Fsp3) is 0.125. The quantitative estimate of drug-likeness (QED) is 0.535. The molecule has 0 radical (unpaired) electrons. The molecule has 0 unspecified atom stereocenters. The SMILES string of the molecule is N.N.N.N.O=C(O)CS(=O)(=O)c1ccccc1. The van der Waals surface area contributed by atoms with Gasteiger partial charge in [-0.05, 0) is 12.1 Å². The van der Waals surface area contributed by atoms with E-state index in [-0.39, 0.29) is 29.5 Å². The molecule has 1 aromatic rings. The van der Waals surface area contributed by atoms with Gasteiger partial charge in [-0.15, -0.1) is 0 Å². The standard InChI is InChI=1S/C8H8O4S.4H3N/c9-8(10)6-13(11,12)7-4-2-1-3-5-7;;;;/h1-5H,6H2,(H,9,10);4*1H3. The maximum atomic E-state index is 11.3. The van der Waals surface area contributed by atoms with Crippen LogP contribution >= 0.6 is 0 Å². The van der Waals surface area contributed by atoms with Gasteiger partial charge < -0.3 is 29.7 Å². The maximum absolute atomic E-state index is 11.3. The number of aliphatic carboxylic acids is 1. The van der Waals surface area contributed by atoms with E-state index in [0.29, 0.717) is 0 Å². The fourth-order valence-electron chi connectivity index (χ4n) is 0.874. The highest BCUT2D eigenvalue weighted by Crippen LogP contribution is 2.09. The summed E-state index contributed by atoms with van der Waals surface area (Å²) in [6.07, 6.45) is 0. The van der Waals surface area contributed by atoms with Crippen LogP contribution in [0.3, 0.4) is 0 Å². The Morgan fingerprint density at radius 2 is 1.41 bits per heavy atom. The first-order valence-electron chi connectivity index (χ1n) is 3.52. The van der Waals surface area contributed by atoms with E-state index in [1.165, 1.54) is 12.1 Å². The van der Waals surface area contributed by atoms with E-state index in [4.69, 9.17) is 5.11 Å². The normalized spacial score (nSPS) is 8.47. The molecule has 8 nitrogen and oxygen atoms in total. The molecule has 0 atom stereocenters. The number of carbonyl (C=O) groups is 1. The second kappa shape index (κ2) is 9.69. The van der Waals surface area contributed by atoms with Crippen molar-refractivity contribution in [3.8, 4) is 0 Å². The van der Waals surface area contributed by atoms with Crippen molar-refractivity contribution in [1.29, 1.82) is 0 Å². The van der Waals surface area contributed by atoms with Crippen molar-refractivity contribution in [1.82, 2.24) is 24.6 Å². The maximum Gasteiger partial charge on any atom is 0.319 e. The van der Waals surface area contributed by atoms with Crippen molar-refractivity contribution < 1.29 is 18.3 Å². The Balaban J connectivity index is -0.000000211. The second-order valence-electron chi connectivity index (χ2n) is 2.47. The number of carboxylic acid groups (broad SMARTS) is 1. The van der Waals surface area contributed by atoms with Crippen LogP contribution in [0.4, 0.5) is 0 Å². The van der Waals surface area contributed by atoms with Crippen molar-refractivity contribution in [2.75, 3.05) is 5.75 Å². The van der Waals surface area contributed by atoms with Crippen molar-refractivity contribution in [3.63, 3.8) is 0 Å². The Morgan fingerprint density at radius 1 is 1.00 bits per heavy atom. The molecule has 102 valence electrons. The van der Waals surface area contributed by atoms with E-state index in [2.05, 4.69) is 0 Å². The molecule has 0 aliphatic rings. The predicted octanol–water partition coefficient (Wildman–Crippen LogP) is 1.19. The highest BCUT2D eigenvalue weighted by Gasteiger charge is 2.17. The molecule has 13 N–H and O–H groups in total. The predicted molar refractivity (Wildman–Crippen MR) is 66.2 cm³/mol. The van der Waals surface area contributed by atoms with Crippen LogP contribution in [0.25, 0.3) is 0 Å². The van der Waals surface area contributed by atoms with Crippen LogP contribution in [0.5, 0.6) is 0 Å². The highest BCUT2D eigenvalue weighted by atomic mass is 32.2. The lowest BCUT2D eigenvalue weighted by molar-refractivity contribution is -0.134. The number of hydrogen-bond donors (Lipinski definition) is 5. The molecular formula is C8H20N4O4S. The topological polar surface area (TPSA) is 211 Å². The summed E-state index contributed by atoms with van der Waals surface area (Å²) in [5.41, 5.74) is 0. The van der Waals surface area contributed by atoms with Crippen LogP contribution in [0, 0.1) is 0 Å². The summed E-state index contributed by atoms with van der Waals surface area (Å²) in [5.74, 6) is -2.21. The molecule has 0 fully saturated rings. The third-order valence-corrected chi connectivity index (χ3v) is 3.03. The molecule has 0 saturated heterocycles. The Bertz CT molecular complexity index is 407. The third-order valence-electron chi connectivity index (χ3n) is 1.42. The smallest absolute Gasteiger partial charge is 0.319 e. The molecule has 0 bridgehead atoms. The minimum atomic E-state index is -3.66. The van der Waals surface area contributed by atoms with E-state index in [0.717, 1.165) is 0 Å². The molecule has 0 amide bonds. The molecule has 9 heteroatoms. The monoisotopic (exact) mass is 268 g/mol. The average Bonchev–Trinajstić information content (AvgIpc) is 2.04. The Labute approximate surface area is 100 Å². The molecule has 1 aromatic carbocycles. The number of hydrogen-bond acceptors (Lipinski definition) is 7. The van der Waals surface area contributed by atoms with E-state index < -0.39 is 21.6 Å². The lowest BCUT2D eigenvalue weighted by Gasteiger charge is -1.99. The van der Waals surface area contributed by atoms with Crippen LogP contribution in [0.2, 0.25) is 0 Å². The molecule has 0 aliphatic carbocycles. The Morgan fingerprint density at radius 3 is 1.76 bits per heavy atom. The van der Waals surface area contributed by atoms with E-state index in [1.54, 1.807) is 18.2 Å². The van der Waals surface area contributed by atoms with Crippen molar-refractivity contribution in [3.05, 3.63) is 30.3 Å². The van der Waals surface area contributed by atoms with Gasteiger partial charge in [0.15, 0.2) is 15.6 Å². The first kappa shape index (κ1) is 24.6. The first-order chi connectivity index (χ1) is 6.02. The molecule has 0 saturated carbocycles. The van der Waals surface area contributed by atoms with Gasteiger partial charge in [0.2, 0.25) is 0 Å². The number of rotatable bonds is 3. The van der Waals surface area contributed by atoms with Crippen LogP contribution in [0.1, 0.15) is 0 Å². The van der Waals surface area contributed by atoms with Gasteiger partial charge >= 0.3 is 5.97 Å². The number of benzene rings is 1. The van der Waals surface area contributed by atoms with E-state index >= 15 is 0 Å². The van der Waals surface area contributed by atoms with Crippen molar-refractivity contribution >= 4 is 15.8 Å². The zero-order chi connectivity index (χ0) is 9.90. The second-order valence-corrected chi connectivity index (χ2v) is 4.46. The van der Waals surface area contributed by atoms with Crippen LogP contribution in [-0.2, 0) is 14.6 Å². The largest absolute Gasteiger partial charge is 0.480 e. The van der Waals surface area contributed by atoms with Crippen molar-refractivity contribution in [2.24, 2.45) is 0 Å². The zero-order valence-electron chi connectivity index (χ0n) is 9.50. The molecular weight excluding hydrogens is 248 g/mol. The molecule has 0 heterocycles. The average molecular weight is 268 g/mol. The number of carboxylic acids is 1. The number of sulfone groups is 1. The van der Waals surface area contributed by atoms with Gasteiger partial charge in [0.1, 0.15) is 0 Å². The van der Waals surface area contributed by atoms with Gasteiger partial charge in [0.05, 0.1) is 4.90 Å². The van der Waals surface area contributed by atoms with Crippen LogP contribution in [-0.4, -0.2) is 25.2 Å². The lowest BCUT2D eigenvalue weighted by atomic mass is 10.4. The van der Waals surface area contributed by atoms with Gasteiger partial charge in [0, 0.05) is 0 Å². The van der Waals surface area contributed by atoms with E-state index in [9.17, 15) is 13.2 Å². The van der Waals surface area contributed by atoms with Gasteiger partial charge in [-0.3, -0.25) is 4.79 Å². The van der Waals surface area contributed by atoms with Crippen LogP contribution in [0.15, 0.2) is 35.2 Å². The fourth-order valence-corrected chi connectivity index (χ4v) is 1.94. The minimum absolute atomic E-state index is 0. The van der Waals surface area contributed by atoms with Gasteiger partial charge in [-0.25, -0.2) is 8.42 Å². The summed E-state index contributed by atoms with van der Waals surface area (Å²) in [6.45, 7) is 0. The van der Waals surface area contributed by atoms with Gasteiger partial charge in [-0.2, -0.15) is 0 Å².